The van der Waals surface area contributed by atoms with E-state index in [1.165, 1.54) is 88.3 Å². The summed E-state index contributed by atoms with van der Waals surface area (Å²) in [4.78, 5) is 6.69. The van der Waals surface area contributed by atoms with Crippen LogP contribution in [0, 0.1) is 0 Å². The molecule has 2 nitrogen and oxygen atoms in total. The summed E-state index contributed by atoms with van der Waals surface area (Å²) in [6.07, 6.45) is 3.74. The van der Waals surface area contributed by atoms with E-state index in [2.05, 4.69) is 180 Å². The molecule has 8 aromatic carbocycles. The van der Waals surface area contributed by atoms with Crippen molar-refractivity contribution in [2.24, 2.45) is 0 Å². The van der Waals surface area contributed by atoms with Gasteiger partial charge >= 0.3 is 0 Å². The zero-order chi connectivity index (χ0) is 33.5. The summed E-state index contributed by atoms with van der Waals surface area (Å²) in [6.45, 7) is 0. The molecule has 0 saturated heterocycles. The van der Waals surface area contributed by atoms with Crippen LogP contribution in [0.4, 0.5) is 17.1 Å². The first-order valence-corrected chi connectivity index (χ1v) is 17.5. The first-order valence-electron chi connectivity index (χ1n) is 17.5. The fourth-order valence-corrected chi connectivity index (χ4v) is 8.53. The molecular formula is C49H30N2. The third-order valence-corrected chi connectivity index (χ3v) is 10.8. The minimum atomic E-state index is 1.06. The first-order chi connectivity index (χ1) is 25.3. The highest BCUT2D eigenvalue weighted by atomic mass is 15.1. The number of hydrogen-bond acceptors (Lipinski definition) is 2. The van der Waals surface area contributed by atoms with Crippen molar-refractivity contribution in [3.63, 3.8) is 0 Å². The van der Waals surface area contributed by atoms with Crippen LogP contribution in [0.1, 0.15) is 0 Å². The minimum Gasteiger partial charge on any atom is -0.310 e. The first kappa shape index (κ1) is 28.1. The van der Waals surface area contributed by atoms with Crippen LogP contribution in [0.25, 0.3) is 88.3 Å². The Hall–Kier alpha value is -6.77. The van der Waals surface area contributed by atoms with Gasteiger partial charge in [0.1, 0.15) is 0 Å². The Bertz CT molecular complexity index is 2650. The predicted octanol–water partition coefficient (Wildman–Crippen LogP) is 13.5. The highest BCUT2D eigenvalue weighted by molar-refractivity contribution is 6.17. The molecule has 0 atom stereocenters. The molecule has 0 amide bonds. The molecule has 2 heteroatoms. The lowest BCUT2D eigenvalue weighted by atomic mass is 9.92. The van der Waals surface area contributed by atoms with E-state index in [1.54, 1.807) is 0 Å². The maximum absolute atomic E-state index is 4.35. The topological polar surface area (TPSA) is 16.1 Å². The number of pyridine rings is 1. The Kier molecular flexibility index (Phi) is 5.99. The highest BCUT2D eigenvalue weighted by Gasteiger charge is 2.24. The van der Waals surface area contributed by atoms with Gasteiger partial charge in [-0.3, -0.25) is 4.98 Å². The van der Waals surface area contributed by atoms with E-state index in [1.807, 2.05) is 12.4 Å². The summed E-state index contributed by atoms with van der Waals surface area (Å²) in [7, 11) is 0. The molecule has 236 valence electrons. The predicted molar refractivity (Wildman–Crippen MR) is 214 cm³/mol. The maximum atomic E-state index is 4.35. The van der Waals surface area contributed by atoms with Gasteiger partial charge in [0.25, 0.3) is 0 Å². The van der Waals surface area contributed by atoms with E-state index in [-0.39, 0.29) is 0 Å². The molecule has 2 aliphatic rings. The Morgan fingerprint density at radius 3 is 1.27 bits per heavy atom. The maximum Gasteiger partial charge on any atom is 0.0492 e. The average molecular weight is 647 g/mol. The van der Waals surface area contributed by atoms with E-state index >= 15 is 0 Å². The molecule has 0 aliphatic heterocycles. The summed E-state index contributed by atoms with van der Waals surface area (Å²) >= 11 is 0. The number of fused-ring (bicyclic) bond motifs is 6. The van der Waals surface area contributed by atoms with E-state index in [0.717, 1.165) is 17.1 Å². The van der Waals surface area contributed by atoms with Crippen LogP contribution < -0.4 is 4.90 Å². The monoisotopic (exact) mass is 646 g/mol. The zero-order valence-electron chi connectivity index (χ0n) is 27.7. The van der Waals surface area contributed by atoms with Crippen molar-refractivity contribution in [3.8, 4) is 66.8 Å². The lowest BCUT2D eigenvalue weighted by molar-refractivity contribution is 1.24. The normalized spacial score (nSPS) is 11.9. The Morgan fingerprint density at radius 2 is 0.765 bits per heavy atom. The summed E-state index contributed by atoms with van der Waals surface area (Å²) in [5.41, 5.74) is 18.5. The van der Waals surface area contributed by atoms with Crippen molar-refractivity contribution in [1.82, 2.24) is 4.98 Å². The van der Waals surface area contributed by atoms with Gasteiger partial charge in [-0.15, -0.1) is 0 Å². The molecule has 11 rings (SSSR count). The van der Waals surface area contributed by atoms with Crippen molar-refractivity contribution in [1.29, 1.82) is 0 Å². The second-order valence-electron chi connectivity index (χ2n) is 13.6. The summed E-state index contributed by atoms with van der Waals surface area (Å²) in [6, 6.07) is 62.5. The molecule has 0 radical (unpaired) electrons. The third-order valence-electron chi connectivity index (χ3n) is 10.8. The fourth-order valence-electron chi connectivity index (χ4n) is 8.53. The lowest BCUT2D eigenvalue weighted by Crippen LogP contribution is -2.10. The van der Waals surface area contributed by atoms with Crippen LogP contribution in [-0.2, 0) is 0 Å². The number of para-hydroxylation sites is 1. The lowest BCUT2D eigenvalue weighted by Gasteiger charge is -2.26. The summed E-state index contributed by atoms with van der Waals surface area (Å²) < 4.78 is 0. The molecule has 0 spiro atoms. The number of nitrogens with zero attached hydrogens (tertiary/aromatic N) is 2. The third kappa shape index (κ3) is 4.27. The molecule has 0 fully saturated rings. The van der Waals surface area contributed by atoms with E-state index in [9.17, 15) is 0 Å². The number of hydrogen-bond donors (Lipinski definition) is 0. The summed E-state index contributed by atoms with van der Waals surface area (Å²) in [5.74, 6) is 0. The van der Waals surface area contributed by atoms with Gasteiger partial charge in [-0.05, 0) is 143 Å². The second kappa shape index (κ2) is 10.9. The van der Waals surface area contributed by atoms with Gasteiger partial charge in [0, 0.05) is 29.5 Å². The molecule has 0 bridgehead atoms. The zero-order valence-corrected chi connectivity index (χ0v) is 27.7. The highest BCUT2D eigenvalue weighted by Crippen LogP contribution is 2.51. The van der Waals surface area contributed by atoms with Gasteiger partial charge in [-0.1, -0.05) is 115 Å². The van der Waals surface area contributed by atoms with Crippen molar-refractivity contribution in [2.75, 3.05) is 4.90 Å². The van der Waals surface area contributed by atoms with Crippen LogP contribution in [0.3, 0.4) is 0 Å². The molecule has 1 aromatic heterocycles. The quantitative estimate of drug-likeness (QED) is 0.185. The van der Waals surface area contributed by atoms with Gasteiger partial charge in [-0.25, -0.2) is 0 Å². The van der Waals surface area contributed by atoms with Crippen LogP contribution in [0.5, 0.6) is 0 Å². The SMILES string of the molecule is c1ccc(N(c2ccncc2)c2cc(-c3ccc4c(c3)-c3cccc5cccc-4c35)cc(-c3ccc4c(c3)-c3cccc5cccc-4c35)c2)cc1. The van der Waals surface area contributed by atoms with Gasteiger partial charge in [0.05, 0.1) is 0 Å². The van der Waals surface area contributed by atoms with Gasteiger partial charge in [0.15, 0.2) is 0 Å². The molecule has 0 N–H and O–H groups in total. The van der Waals surface area contributed by atoms with Gasteiger partial charge < -0.3 is 4.90 Å². The molecule has 0 saturated carbocycles. The van der Waals surface area contributed by atoms with Crippen molar-refractivity contribution in [3.05, 3.63) is 182 Å². The Labute approximate surface area is 296 Å². The van der Waals surface area contributed by atoms with Gasteiger partial charge in [0.2, 0.25) is 0 Å². The number of anilines is 3. The van der Waals surface area contributed by atoms with Crippen LogP contribution in [0.15, 0.2) is 182 Å². The summed E-state index contributed by atoms with van der Waals surface area (Å²) in [5, 5.41) is 5.28. The minimum absolute atomic E-state index is 1.06. The smallest absolute Gasteiger partial charge is 0.0492 e. The molecule has 51 heavy (non-hydrogen) atoms. The van der Waals surface area contributed by atoms with Crippen molar-refractivity contribution >= 4 is 38.6 Å². The van der Waals surface area contributed by atoms with Crippen LogP contribution >= 0.6 is 0 Å². The molecule has 2 aliphatic carbocycles. The van der Waals surface area contributed by atoms with Crippen LogP contribution in [0.2, 0.25) is 0 Å². The number of aromatic nitrogens is 1. The molecular weight excluding hydrogens is 617 g/mol. The Balaban J connectivity index is 1.13. The fraction of sp³-hybridized carbons (Fsp3) is 0. The molecule has 9 aromatic rings. The van der Waals surface area contributed by atoms with Crippen LogP contribution in [-0.4, -0.2) is 4.98 Å². The number of benzene rings is 8. The number of rotatable bonds is 5. The standard InChI is InChI=1S/C49H30N2/c1-2-12-37(13-3-1)51(38-22-24-50-25-23-38)39-27-35(33-18-20-40-42-14-4-8-31-10-6-16-44(48(31)42)46(40)29-33)26-36(28-39)34-19-21-41-43-15-5-9-32-11-7-17-45(49(32)43)47(41)30-34/h1-30H. The Morgan fingerprint density at radius 1 is 0.294 bits per heavy atom. The van der Waals surface area contributed by atoms with Gasteiger partial charge in [-0.2, -0.15) is 0 Å². The van der Waals surface area contributed by atoms with Crippen molar-refractivity contribution < 1.29 is 0 Å². The van der Waals surface area contributed by atoms with E-state index in [4.69, 9.17) is 0 Å². The average Bonchev–Trinajstić information content (AvgIpc) is 3.70. The van der Waals surface area contributed by atoms with Crippen molar-refractivity contribution in [2.45, 2.75) is 0 Å². The van der Waals surface area contributed by atoms with E-state index in [0.29, 0.717) is 0 Å². The molecule has 1 heterocycles. The molecule has 0 unspecified atom stereocenters. The second-order valence-corrected chi connectivity index (χ2v) is 13.6. The van der Waals surface area contributed by atoms with E-state index < -0.39 is 0 Å². The largest absolute Gasteiger partial charge is 0.310 e.